The number of rotatable bonds is 7. The van der Waals surface area contributed by atoms with Crippen molar-refractivity contribution in [2.75, 3.05) is 6.61 Å². The highest BCUT2D eigenvalue weighted by atomic mass is 79.9. The third-order valence-corrected chi connectivity index (χ3v) is 4.43. The largest absolute Gasteiger partial charge is 0.590 e. The minimum atomic E-state index is -1.20. The Kier molecular flexibility index (Phi) is 7.01. The van der Waals surface area contributed by atoms with Crippen LogP contribution >= 0.6 is 39.1 Å². The van der Waals surface area contributed by atoms with E-state index in [1.165, 1.54) is 12.1 Å². The van der Waals surface area contributed by atoms with Gasteiger partial charge in [-0.3, -0.25) is 10.2 Å². The SMILES string of the molecule is N=C(/C=C(\[OH2+])C(=O)c1cc(Br)ccc1OCC(=O)O)c1c(Cl)cccc1Cl. The summed E-state index contributed by atoms with van der Waals surface area (Å²) in [7, 11) is 0. The van der Waals surface area contributed by atoms with Crippen molar-refractivity contribution in [1.82, 2.24) is 0 Å². The normalized spacial score (nSPS) is 11.1. The Balaban J connectivity index is 2.36. The number of nitrogens with one attached hydrogen (secondary N) is 1. The van der Waals surface area contributed by atoms with Crippen LogP contribution in [0.1, 0.15) is 15.9 Å². The van der Waals surface area contributed by atoms with Crippen LogP contribution in [0.15, 0.2) is 52.7 Å². The third-order valence-electron chi connectivity index (χ3n) is 3.30. The first kappa shape index (κ1) is 21.0. The summed E-state index contributed by atoms with van der Waals surface area (Å²) in [6, 6.07) is 9.11. The Hall–Kier alpha value is -2.35. The van der Waals surface area contributed by atoms with Gasteiger partial charge in [0.15, 0.2) is 6.61 Å². The maximum Gasteiger partial charge on any atom is 0.341 e. The maximum absolute atomic E-state index is 12.6. The van der Waals surface area contributed by atoms with Crippen molar-refractivity contribution < 1.29 is 24.5 Å². The molecular formula is C18H13BrCl2NO5+. The van der Waals surface area contributed by atoms with Gasteiger partial charge in [-0.15, -0.1) is 0 Å². The van der Waals surface area contributed by atoms with Crippen molar-refractivity contribution in [2.24, 2.45) is 0 Å². The summed E-state index contributed by atoms with van der Waals surface area (Å²) >= 11 is 15.3. The van der Waals surface area contributed by atoms with Gasteiger partial charge in [-0.2, -0.15) is 0 Å². The molecule has 2 rings (SSSR count). The van der Waals surface area contributed by atoms with Crippen LogP contribution in [0.25, 0.3) is 0 Å². The summed E-state index contributed by atoms with van der Waals surface area (Å²) in [5, 5.41) is 25.3. The first-order valence-corrected chi connectivity index (χ1v) is 8.90. The van der Waals surface area contributed by atoms with Gasteiger partial charge in [0.1, 0.15) is 5.75 Å². The van der Waals surface area contributed by atoms with Gasteiger partial charge in [-0.1, -0.05) is 45.2 Å². The van der Waals surface area contributed by atoms with Gasteiger partial charge in [0, 0.05) is 10.0 Å². The lowest BCUT2D eigenvalue weighted by Gasteiger charge is -2.09. The second-order valence-electron chi connectivity index (χ2n) is 5.22. The van der Waals surface area contributed by atoms with Crippen LogP contribution < -0.4 is 4.74 Å². The van der Waals surface area contributed by atoms with Crippen LogP contribution in [0, 0.1) is 5.41 Å². The van der Waals surface area contributed by atoms with Gasteiger partial charge in [-0.05, 0) is 30.3 Å². The number of carbonyl (C=O) groups excluding carboxylic acids is 1. The van der Waals surface area contributed by atoms with E-state index in [0.29, 0.717) is 4.47 Å². The molecule has 27 heavy (non-hydrogen) atoms. The standard InChI is InChI=1S/C18H12BrCl2NO5/c19-9-4-5-15(27-8-16(24)25)10(6-9)18(26)14(23)7-13(22)17-11(20)2-1-3-12(17)21/h1-7,22-23H,8H2,(H,24,25)/p+1/b14-7-,22-13?. The topological polar surface area (TPSA) is 110 Å². The third kappa shape index (κ3) is 5.32. The zero-order valence-corrected chi connectivity index (χ0v) is 16.7. The van der Waals surface area contributed by atoms with Gasteiger partial charge >= 0.3 is 11.7 Å². The molecule has 0 bridgehead atoms. The molecular weight excluding hydrogens is 461 g/mol. The second kappa shape index (κ2) is 9.03. The molecule has 0 aromatic heterocycles. The van der Waals surface area contributed by atoms with E-state index in [9.17, 15) is 9.59 Å². The minimum Gasteiger partial charge on any atom is -0.590 e. The number of ether oxygens (including phenoxy) is 1. The molecule has 0 spiro atoms. The molecule has 0 aliphatic heterocycles. The van der Waals surface area contributed by atoms with E-state index in [1.807, 2.05) is 0 Å². The number of allylic oxidation sites excluding steroid dienone is 2. The number of hydrogen-bond acceptors (Lipinski definition) is 4. The highest BCUT2D eigenvalue weighted by Gasteiger charge is 2.23. The van der Waals surface area contributed by atoms with E-state index in [-0.39, 0.29) is 32.6 Å². The Morgan fingerprint density at radius 1 is 1.22 bits per heavy atom. The van der Waals surface area contributed by atoms with E-state index in [0.717, 1.165) is 6.08 Å². The summed E-state index contributed by atoms with van der Waals surface area (Å²) in [5.41, 5.74) is -0.00754. The van der Waals surface area contributed by atoms with Crippen LogP contribution in [0.5, 0.6) is 5.75 Å². The smallest absolute Gasteiger partial charge is 0.341 e. The van der Waals surface area contributed by atoms with Crippen LogP contribution in [-0.2, 0) is 4.79 Å². The molecule has 140 valence electrons. The van der Waals surface area contributed by atoms with Gasteiger partial charge < -0.3 is 14.9 Å². The summed E-state index contributed by atoms with van der Waals surface area (Å²) < 4.78 is 5.65. The lowest BCUT2D eigenvalue weighted by molar-refractivity contribution is -0.139. The number of carbonyl (C=O) groups is 2. The molecule has 0 saturated heterocycles. The van der Waals surface area contributed by atoms with Gasteiger partial charge in [0.05, 0.1) is 27.4 Å². The molecule has 2 aromatic rings. The molecule has 0 amide bonds. The van der Waals surface area contributed by atoms with Gasteiger partial charge in [-0.25, -0.2) is 4.79 Å². The quantitative estimate of drug-likeness (QED) is 0.207. The molecule has 0 fully saturated rings. The zero-order chi connectivity index (χ0) is 20.1. The molecule has 2 aromatic carbocycles. The van der Waals surface area contributed by atoms with E-state index < -0.39 is 24.1 Å². The van der Waals surface area contributed by atoms with Crippen molar-refractivity contribution in [3.8, 4) is 5.75 Å². The molecule has 0 heterocycles. The Morgan fingerprint density at radius 2 is 1.85 bits per heavy atom. The lowest BCUT2D eigenvalue weighted by Crippen LogP contribution is -2.13. The fraction of sp³-hybridized carbons (Fsp3) is 0.0556. The second-order valence-corrected chi connectivity index (χ2v) is 6.95. The molecule has 0 unspecified atom stereocenters. The molecule has 0 aliphatic carbocycles. The predicted molar refractivity (Wildman–Crippen MR) is 107 cm³/mol. The number of benzene rings is 2. The number of carboxylic acids is 1. The molecule has 4 N–H and O–H groups in total. The molecule has 6 nitrogen and oxygen atoms in total. The van der Waals surface area contributed by atoms with E-state index >= 15 is 0 Å². The monoisotopic (exact) mass is 472 g/mol. The number of carboxylic acid groups (broad SMARTS) is 1. The fourth-order valence-corrected chi connectivity index (χ4v) is 3.09. The maximum atomic E-state index is 12.6. The highest BCUT2D eigenvalue weighted by Crippen LogP contribution is 2.27. The van der Waals surface area contributed by atoms with Crippen molar-refractivity contribution in [2.45, 2.75) is 0 Å². The Bertz CT molecular complexity index is 939. The molecule has 0 aliphatic rings. The number of halogens is 3. The van der Waals surface area contributed by atoms with Crippen molar-refractivity contribution in [3.63, 3.8) is 0 Å². The molecule has 0 radical (unpaired) electrons. The van der Waals surface area contributed by atoms with E-state index in [4.69, 9.17) is 43.6 Å². The number of hydrogen-bond donors (Lipinski definition) is 2. The summed E-state index contributed by atoms with van der Waals surface area (Å²) in [6.45, 7) is -0.635. The van der Waals surface area contributed by atoms with Gasteiger partial charge in [0.2, 0.25) is 0 Å². The number of ketones is 1. The van der Waals surface area contributed by atoms with Crippen LogP contribution in [0.2, 0.25) is 10.0 Å². The first-order valence-electron chi connectivity index (χ1n) is 7.35. The van der Waals surface area contributed by atoms with Crippen molar-refractivity contribution in [1.29, 1.82) is 5.41 Å². The van der Waals surface area contributed by atoms with Crippen molar-refractivity contribution in [3.05, 3.63) is 73.9 Å². The highest BCUT2D eigenvalue weighted by molar-refractivity contribution is 9.10. The predicted octanol–water partition coefficient (Wildman–Crippen LogP) is 4.08. The molecule has 0 saturated carbocycles. The Morgan fingerprint density at radius 3 is 2.44 bits per heavy atom. The summed E-state index contributed by atoms with van der Waals surface area (Å²) in [5.74, 6) is -2.43. The first-order chi connectivity index (χ1) is 12.7. The number of aliphatic carboxylic acids is 1. The van der Waals surface area contributed by atoms with Crippen LogP contribution in [0.3, 0.4) is 0 Å². The fourth-order valence-electron chi connectivity index (χ4n) is 2.13. The lowest BCUT2D eigenvalue weighted by atomic mass is 10.0. The van der Waals surface area contributed by atoms with Crippen LogP contribution in [0.4, 0.5) is 0 Å². The van der Waals surface area contributed by atoms with E-state index in [1.54, 1.807) is 24.3 Å². The van der Waals surface area contributed by atoms with Crippen molar-refractivity contribution >= 4 is 56.6 Å². The van der Waals surface area contributed by atoms with Gasteiger partial charge in [0.25, 0.3) is 5.78 Å². The minimum absolute atomic E-state index is 0.00932. The molecule has 0 atom stereocenters. The number of Topliss-reactive ketones (excluding diaryl/α,β-unsaturated/α-hetero) is 1. The van der Waals surface area contributed by atoms with Crippen LogP contribution in [-0.4, -0.2) is 34.3 Å². The summed E-state index contributed by atoms with van der Waals surface area (Å²) in [6.07, 6.45) is 1.03. The summed E-state index contributed by atoms with van der Waals surface area (Å²) in [4.78, 5) is 23.3. The zero-order valence-electron chi connectivity index (χ0n) is 13.6. The average molecular weight is 474 g/mol. The Labute approximate surface area is 172 Å². The average Bonchev–Trinajstić information content (AvgIpc) is 2.59. The van der Waals surface area contributed by atoms with E-state index in [2.05, 4.69) is 15.9 Å². The molecule has 9 heteroatoms.